The van der Waals surface area contributed by atoms with Crippen molar-refractivity contribution in [3.05, 3.63) is 272 Å². The molecule has 3 amide bonds. The van der Waals surface area contributed by atoms with Gasteiger partial charge in [0, 0.05) is 185 Å². The molecule has 0 unspecified atom stereocenters. The van der Waals surface area contributed by atoms with E-state index in [1.54, 1.807) is 18.2 Å². The highest BCUT2D eigenvalue weighted by Crippen LogP contribution is 2.41. The van der Waals surface area contributed by atoms with Crippen LogP contribution in [-0.2, 0) is 40.1 Å². The molecule has 672 valence electrons. The monoisotopic (exact) mass is 1780 g/mol. The topological polar surface area (TPSA) is 265 Å². The molecule has 3 N–H and O–H groups in total. The molecule has 25 nitrogen and oxygen atoms in total. The number of rotatable bonds is 30. The van der Waals surface area contributed by atoms with Crippen molar-refractivity contribution in [1.82, 2.24) is 29.7 Å². The summed E-state index contributed by atoms with van der Waals surface area (Å²) in [4.78, 5) is 105. The first-order valence-electron chi connectivity index (χ1n) is 41.8. The molecule has 8 heterocycles. The van der Waals surface area contributed by atoms with Gasteiger partial charge in [0.2, 0.25) is 29.3 Å². The van der Waals surface area contributed by atoms with Crippen LogP contribution >= 0.6 is 11.3 Å². The van der Waals surface area contributed by atoms with Gasteiger partial charge in [0.25, 0.3) is 0 Å². The number of furan rings is 1. The Bertz CT molecular complexity index is 5840. The van der Waals surface area contributed by atoms with Crippen molar-refractivity contribution in [3.63, 3.8) is 0 Å². The molecule has 6 aromatic carbocycles. The fraction of sp³-hybridized carbons (Fsp3) is 0.289. The molecule has 4 aliphatic rings. The minimum atomic E-state index is -1.16. The number of hydrogen-bond donors (Lipinski definition) is 3. The highest BCUT2D eigenvalue weighted by Gasteiger charge is 2.34. The fourth-order valence-corrected chi connectivity index (χ4v) is 16.6. The van der Waals surface area contributed by atoms with Gasteiger partial charge in [0.15, 0.2) is 86.5 Å². The van der Waals surface area contributed by atoms with E-state index in [0.29, 0.717) is 74.8 Å². The molecule has 3 fully saturated rings. The zero-order valence-electron chi connectivity index (χ0n) is 72.9. The summed E-state index contributed by atoms with van der Waals surface area (Å²) < 4.78 is 126. The Kier molecular flexibility index (Phi) is 30.1. The van der Waals surface area contributed by atoms with Crippen LogP contribution < -0.4 is 59.1 Å². The van der Waals surface area contributed by atoms with Crippen molar-refractivity contribution >= 4 is 108 Å². The molecule has 3 aliphatic heterocycles. The summed E-state index contributed by atoms with van der Waals surface area (Å²) in [5, 5.41) is 8.77. The zero-order valence-corrected chi connectivity index (χ0v) is 73.7. The minimum Gasteiger partial charge on any atom is -0.494 e. The number of fused-ring (bicyclic) bond motifs is 3. The summed E-state index contributed by atoms with van der Waals surface area (Å²) in [6, 6.07) is 34.7. The number of benzene rings is 6. The third-order valence-electron chi connectivity index (χ3n) is 23.0. The van der Waals surface area contributed by atoms with E-state index >= 15 is 0 Å². The van der Waals surface area contributed by atoms with E-state index in [2.05, 4.69) is 96.9 Å². The average Bonchev–Trinajstić information content (AvgIpc) is 1.66. The Morgan fingerprint density at radius 1 is 0.411 bits per heavy atom. The molecule has 0 spiro atoms. The molecule has 129 heavy (non-hydrogen) atoms. The second-order valence-corrected chi connectivity index (χ2v) is 31.6. The third kappa shape index (κ3) is 21.0. The maximum atomic E-state index is 15.0. The molecule has 0 atom stereocenters. The summed E-state index contributed by atoms with van der Waals surface area (Å²) in [7, 11) is 7.32. The Hall–Kier alpha value is -13.7. The summed E-state index contributed by atoms with van der Waals surface area (Å²) in [6.07, 6.45) is 6.60. The van der Waals surface area contributed by atoms with Gasteiger partial charge in [-0.1, -0.05) is 64.8 Å². The van der Waals surface area contributed by atoms with Crippen LogP contribution in [-0.4, -0.2) is 206 Å². The predicted molar refractivity (Wildman–Crippen MR) is 486 cm³/mol. The van der Waals surface area contributed by atoms with E-state index in [9.17, 15) is 55.1 Å². The molecule has 0 radical (unpaired) electrons. The summed E-state index contributed by atoms with van der Waals surface area (Å²) in [5.41, 5.74) is 9.95. The first-order valence-corrected chi connectivity index (χ1v) is 42.6. The van der Waals surface area contributed by atoms with Crippen molar-refractivity contribution in [1.29, 1.82) is 0 Å². The second-order valence-electron chi connectivity index (χ2n) is 30.5. The predicted octanol–water partition coefficient (Wildman–Crippen LogP) is 15.9. The molecule has 0 bridgehead atoms. The van der Waals surface area contributed by atoms with E-state index in [-0.39, 0.29) is 80.4 Å². The van der Waals surface area contributed by atoms with Crippen LogP contribution in [0.5, 0.6) is 34.5 Å². The fourth-order valence-electron chi connectivity index (χ4n) is 15.7. The van der Waals surface area contributed by atoms with Crippen molar-refractivity contribution in [2.45, 2.75) is 46.5 Å². The standard InChI is InChI=1S/C33H34F2N4O4.C32H32F2N4O5.C32H32F2N4O4S/c1-5-29(40)37-26-18-24(39-13-11-38(6-2)12-14-39)10-8-21(26)16-23-9-7-20-15-22(17-25(20)36-23)33(41)30-31(34)27(42-3)19-28(43-4)32(30)35;1-5-28(39)36-22-16-21(38-13-11-37(6-2)12-14-38)9-7-19(22)15-20-8-10-24-23(35-20)17-27(43-24)32(40)29-30(33)25(41-3)18-26(42-4)31(29)34;1-5-28(39)36-22-16-21(38-13-11-37(6-2)12-14-38)9-7-19(22)15-20-8-10-26-23(35-20)17-27(43-26)32(40)29-30(33)24(41-3)18-25(42-4)31(29)34/h5,7-10,17-19H,1,6,11-16H2,2-4H3,(H,37,40);2*5,7-10,16-18H,1,6,11-15H2,2-4H3,(H,36,39). The van der Waals surface area contributed by atoms with Crippen LogP contribution in [0.2, 0.25) is 0 Å². The number of ketones is 3. The van der Waals surface area contributed by atoms with E-state index in [4.69, 9.17) is 42.8 Å². The SMILES string of the molecule is C=CC(=O)Nc1cc(N2CCN(CC)CC2)ccc1Cc1ccc2c(n1)C=C(C(=O)c1c(F)c(OC)cc(OC)c1F)C2.C=CC(=O)Nc1cc(N2CCN(CC)CC2)ccc1Cc1ccc2oc(C(=O)c3c(F)c(OC)cc(OC)c3F)cc2n1.C=CC(=O)Nc1cc(N2CCN(CC)CC2)ccc1Cc1ccc2sc(C(=O)c3c(F)c(OC)cc(OC)c3F)cc2n1. The van der Waals surface area contributed by atoms with Crippen molar-refractivity contribution in [3.8, 4) is 34.5 Å². The normalized spacial score (nSPS) is 14.0. The number of nitrogens with one attached hydrogen (secondary N) is 3. The number of hydrogen-bond acceptors (Lipinski definition) is 23. The van der Waals surface area contributed by atoms with Gasteiger partial charge >= 0.3 is 0 Å². The maximum Gasteiger partial charge on any atom is 0.247 e. The Morgan fingerprint density at radius 2 is 0.760 bits per heavy atom. The number of piperazine rings is 3. The Labute approximate surface area is 746 Å². The number of Topliss-reactive ketones (excluding diaryl/α,β-unsaturated/α-hetero) is 1. The molecule has 0 saturated carbocycles. The number of methoxy groups -OCH3 is 6. The van der Waals surface area contributed by atoms with Crippen molar-refractivity contribution in [2.75, 3.05) is 171 Å². The van der Waals surface area contributed by atoms with Gasteiger partial charge in [-0.15, -0.1) is 11.3 Å². The number of allylic oxidation sites excluding steroid dienone is 1. The molecule has 32 heteroatoms. The number of carbonyl (C=O) groups excluding carboxylic acids is 6. The number of amides is 3. The summed E-state index contributed by atoms with van der Waals surface area (Å²) in [6.45, 7) is 31.5. The number of aromatic nitrogens is 3. The highest BCUT2D eigenvalue weighted by molar-refractivity contribution is 7.21. The summed E-state index contributed by atoms with van der Waals surface area (Å²) in [5.74, 6) is -12.4. The van der Waals surface area contributed by atoms with Gasteiger partial charge in [-0.3, -0.25) is 38.7 Å². The maximum absolute atomic E-state index is 15.0. The number of thiophene rings is 1. The number of halogens is 6. The second kappa shape index (κ2) is 41.8. The quantitative estimate of drug-likeness (QED) is 0.0214. The van der Waals surface area contributed by atoms with Crippen molar-refractivity contribution < 1.29 is 87.9 Å². The first kappa shape index (κ1) is 93.0. The number of carbonyl (C=O) groups is 6. The average molecular weight is 1790 g/mol. The minimum absolute atomic E-state index is 0.124. The van der Waals surface area contributed by atoms with Gasteiger partial charge in [-0.05, 0) is 139 Å². The Balaban J connectivity index is 0.000000165. The number of pyridine rings is 3. The van der Waals surface area contributed by atoms with Crippen molar-refractivity contribution in [2.24, 2.45) is 0 Å². The van der Waals surface area contributed by atoms with Crippen LogP contribution in [0.15, 0.2) is 169 Å². The number of ether oxygens (including phenoxy) is 6. The van der Waals surface area contributed by atoms with Crippen LogP contribution in [0.1, 0.15) is 108 Å². The highest BCUT2D eigenvalue weighted by atomic mass is 32.1. The van der Waals surface area contributed by atoms with Gasteiger partial charge in [0.1, 0.15) is 22.2 Å². The van der Waals surface area contributed by atoms with Crippen LogP contribution in [0.4, 0.5) is 60.5 Å². The lowest BCUT2D eigenvalue weighted by atomic mass is 9.99. The largest absolute Gasteiger partial charge is 0.494 e. The number of nitrogens with zero attached hydrogens (tertiary/aromatic N) is 9. The first-order chi connectivity index (χ1) is 62.3. The molecule has 5 aromatic heterocycles. The lowest BCUT2D eigenvalue weighted by Crippen LogP contribution is -2.46. The number of anilines is 6. The third-order valence-corrected chi connectivity index (χ3v) is 24.1. The smallest absolute Gasteiger partial charge is 0.247 e. The lowest BCUT2D eigenvalue weighted by Gasteiger charge is -2.35. The lowest BCUT2D eigenvalue weighted by molar-refractivity contribution is -0.112. The molecular formula is C97H98F6N12O13S. The van der Waals surface area contributed by atoms with Crippen LogP contribution in [0, 0.1) is 34.9 Å². The van der Waals surface area contributed by atoms with E-state index in [1.165, 1.54) is 73.0 Å². The van der Waals surface area contributed by atoms with E-state index in [0.717, 1.165) is 167 Å². The molecular weight excluding hydrogens is 1690 g/mol. The molecule has 3 saturated heterocycles. The van der Waals surface area contributed by atoms with Gasteiger partial charge in [0.05, 0.1) is 63.4 Å². The van der Waals surface area contributed by atoms with E-state index in [1.807, 2.05) is 72.8 Å². The number of likely N-dealkylation sites (N-methyl/N-ethyl adjacent to an activating group) is 3. The molecule has 15 rings (SSSR count). The van der Waals surface area contributed by atoms with Gasteiger partial charge < -0.3 is 78.2 Å². The Morgan fingerprint density at radius 3 is 1.13 bits per heavy atom. The van der Waals surface area contributed by atoms with Crippen LogP contribution in [0.3, 0.4) is 0 Å². The van der Waals surface area contributed by atoms with Gasteiger partial charge in [-0.2, -0.15) is 0 Å². The van der Waals surface area contributed by atoms with E-state index < -0.39 is 68.9 Å². The molecule has 11 aromatic rings. The van der Waals surface area contributed by atoms with Crippen LogP contribution in [0.25, 0.3) is 27.4 Å². The van der Waals surface area contributed by atoms with Gasteiger partial charge in [-0.25, -0.2) is 31.3 Å². The molecule has 1 aliphatic carbocycles. The summed E-state index contributed by atoms with van der Waals surface area (Å²) >= 11 is 1.09. The zero-order chi connectivity index (χ0) is 92.0.